The highest BCUT2D eigenvalue weighted by Gasteiger charge is 2.41. The minimum atomic E-state index is -4.81. The fourth-order valence-corrected chi connectivity index (χ4v) is 3.69. The molecule has 0 amide bonds. The van der Waals surface area contributed by atoms with Crippen molar-refractivity contribution in [3.8, 4) is 0 Å². The largest absolute Gasteiger partial charge is 0.420 e. The van der Waals surface area contributed by atoms with Crippen LogP contribution in [0.25, 0.3) is 0 Å². The van der Waals surface area contributed by atoms with E-state index < -0.39 is 23.5 Å². The maximum absolute atomic E-state index is 13.0. The topological polar surface area (TPSA) is 99.9 Å². The number of halogens is 4. The summed E-state index contributed by atoms with van der Waals surface area (Å²) in [6.07, 6.45) is -2.70. The Morgan fingerprint density at radius 3 is 2.90 bits per heavy atom. The van der Waals surface area contributed by atoms with Crippen LogP contribution in [0, 0.1) is 0 Å². The second-order valence-corrected chi connectivity index (χ2v) is 7.21. The molecule has 30 heavy (non-hydrogen) atoms. The van der Waals surface area contributed by atoms with E-state index in [1.54, 1.807) is 10.9 Å². The Kier molecular flexibility index (Phi) is 5.24. The van der Waals surface area contributed by atoms with Crippen LogP contribution in [0.3, 0.4) is 0 Å². The molecule has 4 rings (SSSR count). The lowest BCUT2D eigenvalue weighted by Gasteiger charge is -2.29. The van der Waals surface area contributed by atoms with Crippen LogP contribution in [-0.4, -0.2) is 42.6 Å². The van der Waals surface area contributed by atoms with Gasteiger partial charge in [0.05, 0.1) is 42.7 Å². The van der Waals surface area contributed by atoms with Gasteiger partial charge in [0, 0.05) is 24.9 Å². The Bertz CT molecular complexity index is 1130. The summed E-state index contributed by atoms with van der Waals surface area (Å²) in [6, 6.07) is 3.02. The first-order valence-electron chi connectivity index (χ1n) is 8.95. The van der Waals surface area contributed by atoms with Crippen molar-refractivity contribution in [3.63, 3.8) is 0 Å². The highest BCUT2D eigenvalue weighted by Crippen LogP contribution is 2.33. The number of anilines is 1. The first kappa shape index (κ1) is 20.4. The van der Waals surface area contributed by atoms with Crippen LogP contribution in [0.15, 0.2) is 35.6 Å². The van der Waals surface area contributed by atoms with Crippen molar-refractivity contribution >= 4 is 17.3 Å². The predicted molar refractivity (Wildman–Crippen MR) is 101 cm³/mol. The Hall–Kier alpha value is -2.92. The molecule has 1 aliphatic heterocycles. The van der Waals surface area contributed by atoms with E-state index in [1.165, 1.54) is 24.5 Å². The number of rotatable bonds is 4. The summed E-state index contributed by atoms with van der Waals surface area (Å²) in [7, 11) is 0. The van der Waals surface area contributed by atoms with Gasteiger partial charge < -0.3 is 14.6 Å². The standard InChI is InChI=1S/C18H16ClF3N6O2/c19-14-13(6-25-26-17(14)30)27-5-3-12-11(8-27)24-9-28(12)7-10-2-1-4-23-15(10)16(29)18(20,21)22/h1-2,4,6,9,16,29H,3,5,7-8H2,(H,26,30)/t16-/m0/s1. The minimum Gasteiger partial charge on any atom is -0.378 e. The summed E-state index contributed by atoms with van der Waals surface area (Å²) in [5.41, 5.74) is 1.41. The molecule has 3 aromatic rings. The number of aliphatic hydroxyl groups excluding tert-OH is 1. The SMILES string of the molecule is O=c1[nH]ncc(N2CCc3c(ncn3Cc3cccnc3[C@H](O)C(F)(F)F)C2)c1Cl. The summed E-state index contributed by atoms with van der Waals surface area (Å²) in [4.78, 5) is 21.7. The first-order chi connectivity index (χ1) is 14.3. The molecule has 0 unspecified atom stereocenters. The van der Waals surface area contributed by atoms with Gasteiger partial charge in [-0.05, 0) is 11.6 Å². The van der Waals surface area contributed by atoms with Gasteiger partial charge in [-0.2, -0.15) is 18.3 Å². The molecular formula is C18H16ClF3N6O2. The third-order valence-corrected chi connectivity index (χ3v) is 5.31. The molecule has 4 heterocycles. The van der Waals surface area contributed by atoms with Crippen LogP contribution in [0.4, 0.5) is 18.9 Å². The second-order valence-electron chi connectivity index (χ2n) is 6.83. The normalized spacial score (nSPS) is 15.2. The van der Waals surface area contributed by atoms with Gasteiger partial charge in [-0.25, -0.2) is 10.1 Å². The van der Waals surface area contributed by atoms with Gasteiger partial charge >= 0.3 is 6.18 Å². The van der Waals surface area contributed by atoms with E-state index in [0.29, 0.717) is 25.2 Å². The molecule has 0 saturated heterocycles. The third kappa shape index (κ3) is 3.77. The number of nitrogens with one attached hydrogen (secondary N) is 1. The van der Waals surface area contributed by atoms with Gasteiger partial charge in [0.2, 0.25) is 0 Å². The Labute approximate surface area is 173 Å². The number of hydrogen-bond donors (Lipinski definition) is 2. The quantitative estimate of drug-likeness (QED) is 0.645. The molecule has 1 aliphatic rings. The van der Waals surface area contributed by atoms with E-state index in [4.69, 9.17) is 11.6 Å². The summed E-state index contributed by atoms with van der Waals surface area (Å²) in [5, 5.41) is 15.7. The average Bonchev–Trinajstić information content (AvgIpc) is 3.11. The number of aliphatic hydroxyl groups is 1. The molecule has 0 fully saturated rings. The molecule has 0 spiro atoms. The molecule has 0 aromatic carbocycles. The zero-order chi connectivity index (χ0) is 21.5. The van der Waals surface area contributed by atoms with Crippen molar-refractivity contribution < 1.29 is 18.3 Å². The molecule has 0 bridgehead atoms. The van der Waals surface area contributed by atoms with Gasteiger partial charge in [-0.15, -0.1) is 0 Å². The van der Waals surface area contributed by atoms with Crippen LogP contribution in [0.5, 0.6) is 0 Å². The lowest BCUT2D eigenvalue weighted by atomic mass is 10.1. The number of imidazole rings is 1. The lowest BCUT2D eigenvalue weighted by Crippen LogP contribution is -2.33. The number of aromatic nitrogens is 5. The molecule has 12 heteroatoms. The van der Waals surface area contributed by atoms with Crippen molar-refractivity contribution in [2.24, 2.45) is 0 Å². The number of pyridine rings is 1. The number of alkyl halides is 3. The Morgan fingerprint density at radius 2 is 2.13 bits per heavy atom. The molecule has 1 atom stereocenters. The van der Waals surface area contributed by atoms with Crippen molar-refractivity contribution in [1.82, 2.24) is 24.7 Å². The molecular weight excluding hydrogens is 425 g/mol. The van der Waals surface area contributed by atoms with Crippen LogP contribution in [0.1, 0.15) is 28.7 Å². The van der Waals surface area contributed by atoms with Gasteiger partial charge in [0.15, 0.2) is 6.10 Å². The smallest absolute Gasteiger partial charge is 0.378 e. The van der Waals surface area contributed by atoms with Gasteiger partial charge in [-0.3, -0.25) is 9.78 Å². The Morgan fingerprint density at radius 1 is 1.33 bits per heavy atom. The second kappa shape index (κ2) is 7.73. The van der Waals surface area contributed by atoms with Crippen molar-refractivity contribution in [1.29, 1.82) is 0 Å². The van der Waals surface area contributed by atoms with E-state index in [0.717, 1.165) is 11.4 Å². The minimum absolute atomic E-state index is 0.0361. The van der Waals surface area contributed by atoms with E-state index in [9.17, 15) is 23.1 Å². The van der Waals surface area contributed by atoms with Crippen LogP contribution in [-0.2, 0) is 19.5 Å². The molecule has 0 aliphatic carbocycles. The van der Waals surface area contributed by atoms with Crippen LogP contribution >= 0.6 is 11.6 Å². The summed E-state index contributed by atoms with van der Waals surface area (Å²) >= 11 is 6.08. The molecule has 158 valence electrons. The van der Waals surface area contributed by atoms with Crippen LogP contribution in [0.2, 0.25) is 5.02 Å². The monoisotopic (exact) mass is 440 g/mol. The molecule has 0 radical (unpaired) electrons. The Balaban J connectivity index is 1.59. The van der Waals surface area contributed by atoms with Gasteiger partial charge in [0.1, 0.15) is 5.02 Å². The predicted octanol–water partition coefficient (Wildman–Crippen LogP) is 2.22. The number of nitrogens with zero attached hydrogens (tertiary/aromatic N) is 5. The zero-order valence-electron chi connectivity index (χ0n) is 15.4. The molecule has 2 N–H and O–H groups in total. The summed E-state index contributed by atoms with van der Waals surface area (Å²) in [6.45, 7) is 0.985. The summed E-state index contributed by atoms with van der Waals surface area (Å²) in [5.74, 6) is 0. The maximum Gasteiger partial charge on any atom is 0.420 e. The molecule has 0 saturated carbocycles. The van der Waals surface area contributed by atoms with Crippen molar-refractivity contribution in [2.45, 2.75) is 31.8 Å². The number of H-pyrrole nitrogens is 1. The maximum atomic E-state index is 13.0. The van der Waals surface area contributed by atoms with Gasteiger partial charge in [0.25, 0.3) is 5.56 Å². The third-order valence-electron chi connectivity index (χ3n) is 4.95. The highest BCUT2D eigenvalue weighted by molar-refractivity contribution is 6.32. The molecule has 3 aromatic heterocycles. The van der Waals surface area contributed by atoms with E-state index >= 15 is 0 Å². The highest BCUT2D eigenvalue weighted by atomic mass is 35.5. The van der Waals surface area contributed by atoms with Crippen LogP contribution < -0.4 is 10.5 Å². The fourth-order valence-electron chi connectivity index (χ4n) is 3.48. The number of fused-ring (bicyclic) bond motifs is 1. The number of hydrogen-bond acceptors (Lipinski definition) is 6. The van der Waals surface area contributed by atoms with Gasteiger partial charge in [-0.1, -0.05) is 17.7 Å². The van der Waals surface area contributed by atoms with Crippen molar-refractivity contribution in [3.05, 3.63) is 68.9 Å². The van der Waals surface area contributed by atoms with E-state index in [1.807, 2.05) is 4.90 Å². The molecule has 8 nitrogen and oxygen atoms in total. The van der Waals surface area contributed by atoms with E-state index in [-0.39, 0.29) is 17.1 Å². The lowest BCUT2D eigenvalue weighted by molar-refractivity contribution is -0.208. The number of aromatic amines is 1. The summed E-state index contributed by atoms with van der Waals surface area (Å²) < 4.78 is 40.7. The first-order valence-corrected chi connectivity index (χ1v) is 9.33. The fraction of sp³-hybridized carbons (Fsp3) is 0.333. The zero-order valence-corrected chi connectivity index (χ0v) is 16.2. The van der Waals surface area contributed by atoms with E-state index in [2.05, 4.69) is 20.2 Å². The average molecular weight is 441 g/mol. The van der Waals surface area contributed by atoms with Crippen molar-refractivity contribution in [2.75, 3.05) is 11.4 Å².